The highest BCUT2D eigenvalue weighted by Crippen LogP contribution is 2.36. The highest BCUT2D eigenvalue weighted by Gasteiger charge is 2.28. The van der Waals surface area contributed by atoms with Crippen LogP contribution in [-0.4, -0.2) is 0 Å². The summed E-state index contributed by atoms with van der Waals surface area (Å²) >= 11 is 0. The second-order valence-electron chi connectivity index (χ2n) is 4.08. The van der Waals surface area contributed by atoms with Crippen LogP contribution in [0.2, 0.25) is 0 Å². The van der Waals surface area contributed by atoms with Crippen LogP contribution in [0, 0.1) is 17.8 Å². The van der Waals surface area contributed by atoms with Gasteiger partial charge in [-0.3, -0.25) is 0 Å². The monoisotopic (exact) mass is 186 g/mol. The maximum absolute atomic E-state index is 13.5. The molecule has 0 amide bonds. The van der Waals surface area contributed by atoms with Gasteiger partial charge in [0.2, 0.25) is 0 Å². The maximum atomic E-state index is 13.5. The van der Waals surface area contributed by atoms with Gasteiger partial charge < -0.3 is 0 Å². The molecule has 1 aliphatic rings. The van der Waals surface area contributed by atoms with Gasteiger partial charge in [0.15, 0.2) is 5.83 Å². The van der Waals surface area contributed by atoms with Gasteiger partial charge in [0.05, 0.1) is 0 Å². The lowest BCUT2D eigenvalue weighted by Crippen LogP contribution is -2.18. The predicted octanol–water partition coefficient (Wildman–Crippen LogP) is 4.01. The number of allylic oxidation sites excluding steroid dienone is 4. The molecule has 74 valence electrons. The van der Waals surface area contributed by atoms with Crippen LogP contribution in [0.5, 0.6) is 0 Å². The minimum absolute atomic E-state index is 0.153. The molecule has 0 spiro atoms. The van der Waals surface area contributed by atoms with Gasteiger partial charge in [0.1, 0.15) is 5.83 Å². The van der Waals surface area contributed by atoms with E-state index in [0.717, 1.165) is 6.42 Å². The lowest BCUT2D eigenvalue weighted by molar-refractivity contribution is 0.266. The Balaban J connectivity index is 2.97. The molecule has 13 heavy (non-hydrogen) atoms. The molecule has 0 aliphatic heterocycles. The molecule has 0 nitrogen and oxygen atoms in total. The van der Waals surface area contributed by atoms with E-state index in [4.69, 9.17) is 0 Å². The topological polar surface area (TPSA) is 0 Å². The van der Waals surface area contributed by atoms with Gasteiger partial charge in [0, 0.05) is 5.92 Å². The Bertz CT molecular complexity index is 238. The minimum atomic E-state index is -0.692. The molecule has 0 N–H and O–H groups in total. The van der Waals surface area contributed by atoms with E-state index in [0.29, 0.717) is 0 Å². The molecular weight excluding hydrogens is 170 g/mol. The quantitative estimate of drug-likeness (QED) is 0.580. The first-order valence-corrected chi connectivity index (χ1v) is 4.75. The van der Waals surface area contributed by atoms with Crippen molar-refractivity contribution in [3.63, 3.8) is 0 Å². The van der Waals surface area contributed by atoms with Crippen molar-refractivity contribution in [1.29, 1.82) is 0 Å². The summed E-state index contributed by atoms with van der Waals surface area (Å²) in [5.41, 5.74) is 0. The van der Waals surface area contributed by atoms with Crippen LogP contribution in [-0.2, 0) is 0 Å². The molecule has 2 unspecified atom stereocenters. The fourth-order valence-electron chi connectivity index (χ4n) is 1.97. The number of rotatable bonds is 1. The van der Waals surface area contributed by atoms with Gasteiger partial charge in [-0.25, -0.2) is 8.78 Å². The molecule has 2 heteroatoms. The fraction of sp³-hybridized carbons (Fsp3) is 0.636. The third kappa shape index (κ3) is 2.17. The Hall–Kier alpha value is -0.660. The fourth-order valence-corrected chi connectivity index (χ4v) is 1.97. The predicted molar refractivity (Wildman–Crippen MR) is 50.5 cm³/mol. The summed E-state index contributed by atoms with van der Waals surface area (Å²) in [7, 11) is 0. The largest absolute Gasteiger partial charge is 0.208 e. The summed E-state index contributed by atoms with van der Waals surface area (Å²) in [5, 5.41) is 0. The van der Waals surface area contributed by atoms with Crippen LogP contribution in [0.3, 0.4) is 0 Å². The zero-order valence-corrected chi connectivity index (χ0v) is 8.35. The molecule has 0 radical (unpaired) electrons. The van der Waals surface area contributed by atoms with Crippen molar-refractivity contribution in [1.82, 2.24) is 0 Å². The lowest BCUT2D eigenvalue weighted by Gasteiger charge is -2.24. The van der Waals surface area contributed by atoms with Gasteiger partial charge in [-0.2, -0.15) is 0 Å². The SMILES string of the molecule is CC(C)C1C(F)=C(F)C=CCC1C. The average molecular weight is 186 g/mol. The van der Waals surface area contributed by atoms with Gasteiger partial charge in [-0.15, -0.1) is 0 Å². The van der Waals surface area contributed by atoms with Crippen molar-refractivity contribution in [2.45, 2.75) is 27.2 Å². The van der Waals surface area contributed by atoms with Crippen molar-refractivity contribution in [3.05, 3.63) is 23.8 Å². The van der Waals surface area contributed by atoms with Crippen LogP contribution in [0.15, 0.2) is 23.8 Å². The van der Waals surface area contributed by atoms with E-state index in [1.54, 1.807) is 6.08 Å². The third-order valence-corrected chi connectivity index (χ3v) is 2.62. The zero-order chi connectivity index (χ0) is 10.0. The number of halogens is 2. The Kier molecular flexibility index (Phi) is 3.23. The van der Waals surface area contributed by atoms with Crippen LogP contribution < -0.4 is 0 Å². The summed E-state index contributed by atoms with van der Waals surface area (Å²) in [6.45, 7) is 5.83. The summed E-state index contributed by atoms with van der Waals surface area (Å²) in [6.07, 6.45) is 3.71. The first kappa shape index (κ1) is 10.4. The van der Waals surface area contributed by atoms with Crippen LogP contribution in [0.4, 0.5) is 8.78 Å². The molecule has 1 rings (SSSR count). The Morgan fingerprint density at radius 1 is 1.38 bits per heavy atom. The smallest absolute Gasteiger partial charge is 0.154 e. The second kappa shape index (κ2) is 4.03. The average Bonchev–Trinajstić information content (AvgIpc) is 2.13. The van der Waals surface area contributed by atoms with Gasteiger partial charge in [-0.05, 0) is 24.3 Å². The standard InChI is InChI=1S/C11H16F2/c1-7(2)10-8(3)5-4-6-9(12)11(10)13/h4,6-8,10H,5H2,1-3H3. The minimum Gasteiger partial charge on any atom is -0.208 e. The van der Waals surface area contributed by atoms with Crippen molar-refractivity contribution in [2.75, 3.05) is 0 Å². The molecule has 0 saturated heterocycles. The lowest BCUT2D eigenvalue weighted by atomic mass is 9.82. The van der Waals surface area contributed by atoms with E-state index in [2.05, 4.69) is 0 Å². The normalized spacial score (nSPS) is 29.7. The molecule has 0 bridgehead atoms. The Labute approximate surface area is 78.3 Å². The molecule has 0 heterocycles. The molecule has 2 atom stereocenters. The van der Waals surface area contributed by atoms with E-state index in [1.807, 2.05) is 20.8 Å². The first-order valence-electron chi connectivity index (χ1n) is 4.75. The van der Waals surface area contributed by atoms with Crippen LogP contribution >= 0.6 is 0 Å². The van der Waals surface area contributed by atoms with E-state index in [1.165, 1.54) is 6.08 Å². The summed E-state index contributed by atoms with van der Waals surface area (Å²) < 4.78 is 26.5. The first-order chi connectivity index (χ1) is 6.04. The highest BCUT2D eigenvalue weighted by atomic mass is 19.2. The van der Waals surface area contributed by atoms with Crippen molar-refractivity contribution >= 4 is 0 Å². The van der Waals surface area contributed by atoms with Gasteiger partial charge >= 0.3 is 0 Å². The summed E-state index contributed by atoms with van der Waals surface area (Å²) in [5.74, 6) is -1.19. The summed E-state index contributed by atoms with van der Waals surface area (Å²) in [4.78, 5) is 0. The van der Waals surface area contributed by atoms with Crippen molar-refractivity contribution in [2.24, 2.45) is 17.8 Å². The van der Waals surface area contributed by atoms with Crippen LogP contribution in [0.25, 0.3) is 0 Å². The molecule has 0 saturated carbocycles. The molecule has 1 aliphatic carbocycles. The van der Waals surface area contributed by atoms with Crippen molar-refractivity contribution in [3.8, 4) is 0 Å². The number of hydrogen-bond donors (Lipinski definition) is 0. The zero-order valence-electron chi connectivity index (χ0n) is 8.35. The summed E-state index contributed by atoms with van der Waals surface area (Å²) in [6, 6.07) is 0. The molecule has 0 fully saturated rings. The van der Waals surface area contributed by atoms with E-state index in [9.17, 15) is 8.78 Å². The van der Waals surface area contributed by atoms with E-state index in [-0.39, 0.29) is 17.8 Å². The molecule has 0 aromatic heterocycles. The van der Waals surface area contributed by atoms with Crippen LogP contribution in [0.1, 0.15) is 27.2 Å². The third-order valence-electron chi connectivity index (χ3n) is 2.62. The molecule has 0 aromatic rings. The second-order valence-corrected chi connectivity index (χ2v) is 4.08. The molecule has 0 aromatic carbocycles. The van der Waals surface area contributed by atoms with E-state index >= 15 is 0 Å². The number of hydrogen-bond acceptors (Lipinski definition) is 0. The van der Waals surface area contributed by atoms with Gasteiger partial charge in [-0.1, -0.05) is 26.8 Å². The maximum Gasteiger partial charge on any atom is 0.154 e. The molecular formula is C11H16F2. The highest BCUT2D eigenvalue weighted by molar-refractivity contribution is 5.20. The van der Waals surface area contributed by atoms with Gasteiger partial charge in [0.25, 0.3) is 0 Å². The Morgan fingerprint density at radius 3 is 2.54 bits per heavy atom. The van der Waals surface area contributed by atoms with Crippen molar-refractivity contribution < 1.29 is 8.78 Å². The van der Waals surface area contributed by atoms with E-state index < -0.39 is 11.7 Å². The Morgan fingerprint density at radius 2 is 2.00 bits per heavy atom.